The fourth-order valence-corrected chi connectivity index (χ4v) is 1.35. The molecule has 4 nitrogen and oxygen atoms in total. The topological polar surface area (TPSA) is 58.9 Å². The Balaban J connectivity index is 2.09. The SMILES string of the molecule is O[C@H]1C[C@H](O)[C@H]2CO[C@@H]1O2. The molecule has 2 heterocycles. The molecule has 0 aromatic rings. The number of fused-ring (bicyclic) bond motifs is 2. The molecule has 0 aromatic carbocycles. The highest BCUT2D eigenvalue weighted by atomic mass is 16.7. The van der Waals surface area contributed by atoms with Crippen LogP contribution in [0.4, 0.5) is 0 Å². The molecule has 0 saturated carbocycles. The van der Waals surface area contributed by atoms with E-state index in [1.165, 1.54) is 0 Å². The normalized spacial score (nSPS) is 53.4. The van der Waals surface area contributed by atoms with E-state index in [0.717, 1.165) is 0 Å². The van der Waals surface area contributed by atoms with Gasteiger partial charge >= 0.3 is 0 Å². The van der Waals surface area contributed by atoms with Crippen LogP contribution in [0, 0.1) is 0 Å². The Labute approximate surface area is 58.4 Å². The van der Waals surface area contributed by atoms with Crippen LogP contribution >= 0.6 is 0 Å². The van der Waals surface area contributed by atoms with Crippen molar-refractivity contribution in [2.24, 2.45) is 0 Å². The quantitative estimate of drug-likeness (QED) is 0.453. The summed E-state index contributed by atoms with van der Waals surface area (Å²) in [6, 6.07) is 0. The molecule has 2 N–H and O–H groups in total. The van der Waals surface area contributed by atoms with Crippen molar-refractivity contribution in [3.05, 3.63) is 0 Å². The highest BCUT2D eigenvalue weighted by Crippen LogP contribution is 2.27. The van der Waals surface area contributed by atoms with Crippen LogP contribution in [0.3, 0.4) is 0 Å². The molecule has 0 radical (unpaired) electrons. The fourth-order valence-electron chi connectivity index (χ4n) is 1.35. The maximum absolute atomic E-state index is 9.20. The number of rotatable bonds is 0. The molecular weight excluding hydrogens is 136 g/mol. The van der Waals surface area contributed by atoms with Crippen molar-refractivity contribution in [2.75, 3.05) is 6.61 Å². The zero-order valence-corrected chi connectivity index (χ0v) is 5.43. The molecule has 2 aliphatic rings. The van der Waals surface area contributed by atoms with E-state index in [1.807, 2.05) is 0 Å². The summed E-state index contributed by atoms with van der Waals surface area (Å²) in [6.07, 6.45) is -1.56. The van der Waals surface area contributed by atoms with Crippen molar-refractivity contribution >= 4 is 0 Å². The summed E-state index contributed by atoms with van der Waals surface area (Å²) < 4.78 is 10.1. The molecule has 0 amide bonds. The van der Waals surface area contributed by atoms with E-state index < -0.39 is 18.5 Å². The van der Waals surface area contributed by atoms with E-state index in [2.05, 4.69) is 0 Å². The molecule has 4 atom stereocenters. The van der Waals surface area contributed by atoms with Gasteiger partial charge in [-0.3, -0.25) is 0 Å². The standard InChI is InChI=1S/C6H10O4/c7-3-1-4(8)6-9-2-5(3)10-6/h3-8H,1-2H2/t3-,4-,5+,6+/m0/s1. The summed E-state index contributed by atoms with van der Waals surface area (Å²) >= 11 is 0. The molecule has 58 valence electrons. The lowest BCUT2D eigenvalue weighted by molar-refractivity contribution is -0.181. The van der Waals surface area contributed by atoms with Gasteiger partial charge < -0.3 is 19.7 Å². The number of aliphatic hydroxyl groups excluding tert-OH is 2. The molecule has 0 unspecified atom stereocenters. The summed E-state index contributed by atoms with van der Waals surface area (Å²) in [5.74, 6) is 0. The third kappa shape index (κ3) is 0.845. The van der Waals surface area contributed by atoms with Gasteiger partial charge in [-0.2, -0.15) is 0 Å². The Bertz CT molecular complexity index is 124. The minimum absolute atomic E-state index is 0.214. The van der Waals surface area contributed by atoms with Crippen LogP contribution in [-0.2, 0) is 9.47 Å². The van der Waals surface area contributed by atoms with Crippen LogP contribution < -0.4 is 0 Å². The molecule has 0 spiro atoms. The predicted octanol–water partition coefficient (Wildman–Crippen LogP) is -1.15. The molecule has 4 heteroatoms. The zero-order valence-electron chi connectivity index (χ0n) is 5.43. The van der Waals surface area contributed by atoms with Crippen LogP contribution in [0.25, 0.3) is 0 Å². The van der Waals surface area contributed by atoms with Crippen molar-refractivity contribution in [2.45, 2.75) is 31.0 Å². The number of hydrogen-bond acceptors (Lipinski definition) is 4. The van der Waals surface area contributed by atoms with Crippen molar-refractivity contribution in [1.29, 1.82) is 0 Å². The molecule has 2 rings (SSSR count). The maximum Gasteiger partial charge on any atom is 0.184 e. The Hall–Kier alpha value is -0.160. The first-order valence-corrected chi connectivity index (χ1v) is 3.40. The molecule has 0 aliphatic carbocycles. The highest BCUT2D eigenvalue weighted by molar-refractivity contribution is 4.85. The molecule has 2 bridgehead atoms. The van der Waals surface area contributed by atoms with Gasteiger partial charge in [0.2, 0.25) is 0 Å². The summed E-state index contributed by atoms with van der Waals surface area (Å²) in [5, 5.41) is 18.4. The first-order valence-electron chi connectivity index (χ1n) is 3.40. The van der Waals surface area contributed by atoms with E-state index in [9.17, 15) is 5.11 Å². The van der Waals surface area contributed by atoms with Crippen molar-refractivity contribution in [3.63, 3.8) is 0 Å². The van der Waals surface area contributed by atoms with E-state index in [1.54, 1.807) is 0 Å². The Morgan fingerprint density at radius 3 is 2.80 bits per heavy atom. The van der Waals surface area contributed by atoms with Crippen molar-refractivity contribution < 1.29 is 19.7 Å². The molecule has 2 saturated heterocycles. The minimum Gasteiger partial charge on any atom is -0.390 e. The van der Waals surface area contributed by atoms with Gasteiger partial charge in [-0.05, 0) is 0 Å². The average Bonchev–Trinajstić information content (AvgIpc) is 2.28. The summed E-state index contributed by atoms with van der Waals surface area (Å²) in [4.78, 5) is 0. The van der Waals surface area contributed by atoms with Gasteiger partial charge in [-0.25, -0.2) is 0 Å². The van der Waals surface area contributed by atoms with Crippen molar-refractivity contribution in [1.82, 2.24) is 0 Å². The third-order valence-electron chi connectivity index (χ3n) is 1.96. The monoisotopic (exact) mass is 146 g/mol. The van der Waals surface area contributed by atoms with Gasteiger partial charge in [0, 0.05) is 6.42 Å². The van der Waals surface area contributed by atoms with E-state index in [-0.39, 0.29) is 6.10 Å². The molecular formula is C6H10O4. The lowest BCUT2D eigenvalue weighted by atomic mass is 10.1. The Kier molecular flexibility index (Phi) is 1.42. The van der Waals surface area contributed by atoms with Crippen LogP contribution in [0.5, 0.6) is 0 Å². The first kappa shape index (κ1) is 6.54. The van der Waals surface area contributed by atoms with Gasteiger partial charge in [0.25, 0.3) is 0 Å². The molecule has 10 heavy (non-hydrogen) atoms. The Morgan fingerprint density at radius 1 is 1.20 bits per heavy atom. The molecule has 0 aromatic heterocycles. The lowest BCUT2D eigenvalue weighted by Crippen LogP contribution is -2.41. The van der Waals surface area contributed by atoms with Crippen LogP contribution in [0.2, 0.25) is 0 Å². The lowest BCUT2D eigenvalue weighted by Gasteiger charge is -2.27. The summed E-state index contributed by atoms with van der Waals surface area (Å²) in [5.41, 5.74) is 0. The zero-order chi connectivity index (χ0) is 7.14. The predicted molar refractivity (Wildman–Crippen MR) is 31.2 cm³/mol. The Morgan fingerprint density at radius 2 is 2.00 bits per heavy atom. The van der Waals surface area contributed by atoms with Gasteiger partial charge in [-0.15, -0.1) is 0 Å². The van der Waals surface area contributed by atoms with Gasteiger partial charge in [0.15, 0.2) is 6.29 Å². The van der Waals surface area contributed by atoms with E-state index in [0.29, 0.717) is 13.0 Å². The fraction of sp³-hybridized carbons (Fsp3) is 1.00. The summed E-state index contributed by atoms with van der Waals surface area (Å²) in [6.45, 7) is 0.406. The highest BCUT2D eigenvalue weighted by Gasteiger charge is 2.42. The van der Waals surface area contributed by atoms with Crippen LogP contribution in [0.15, 0.2) is 0 Å². The number of hydrogen-bond donors (Lipinski definition) is 2. The van der Waals surface area contributed by atoms with Gasteiger partial charge in [-0.1, -0.05) is 0 Å². The van der Waals surface area contributed by atoms with Gasteiger partial charge in [0.1, 0.15) is 12.2 Å². The minimum atomic E-state index is -0.659. The largest absolute Gasteiger partial charge is 0.390 e. The summed E-state index contributed by atoms with van der Waals surface area (Å²) in [7, 11) is 0. The molecule has 2 aliphatic heterocycles. The maximum atomic E-state index is 9.20. The van der Waals surface area contributed by atoms with Crippen molar-refractivity contribution in [3.8, 4) is 0 Å². The number of ether oxygens (including phenoxy) is 2. The second-order valence-corrected chi connectivity index (χ2v) is 2.75. The number of aliphatic hydroxyl groups is 2. The van der Waals surface area contributed by atoms with Crippen LogP contribution in [-0.4, -0.2) is 41.4 Å². The van der Waals surface area contributed by atoms with E-state index >= 15 is 0 Å². The van der Waals surface area contributed by atoms with E-state index in [4.69, 9.17) is 14.6 Å². The third-order valence-corrected chi connectivity index (χ3v) is 1.96. The van der Waals surface area contributed by atoms with Crippen LogP contribution in [0.1, 0.15) is 6.42 Å². The average molecular weight is 146 g/mol. The smallest absolute Gasteiger partial charge is 0.184 e. The second kappa shape index (κ2) is 2.17. The van der Waals surface area contributed by atoms with Gasteiger partial charge in [0.05, 0.1) is 12.7 Å². The molecule has 2 fully saturated rings. The second-order valence-electron chi connectivity index (χ2n) is 2.75. The first-order chi connectivity index (χ1) is 4.77.